The van der Waals surface area contributed by atoms with E-state index >= 15 is 0 Å². The molecule has 0 unspecified atom stereocenters. The first-order valence-electron chi connectivity index (χ1n) is 13.9. The van der Waals surface area contributed by atoms with Gasteiger partial charge in [-0.15, -0.1) is 0 Å². The van der Waals surface area contributed by atoms with Gasteiger partial charge in [0.2, 0.25) is 0 Å². The molecular weight excluding hydrogens is 488 g/mol. The van der Waals surface area contributed by atoms with Crippen LogP contribution in [0.15, 0.2) is 47.6 Å². The summed E-state index contributed by atoms with van der Waals surface area (Å²) in [5.74, 6) is 0.566. The van der Waals surface area contributed by atoms with Crippen molar-refractivity contribution in [2.75, 3.05) is 13.2 Å². The third kappa shape index (κ3) is 5.23. The molecule has 1 spiro atoms. The fourth-order valence-electron chi connectivity index (χ4n) is 6.83. The Bertz CT molecular complexity index is 1230. The molecule has 1 heterocycles. The molecule has 202 valence electrons. The van der Waals surface area contributed by atoms with Crippen molar-refractivity contribution in [3.05, 3.63) is 93.3 Å². The van der Waals surface area contributed by atoms with Crippen molar-refractivity contribution in [3.63, 3.8) is 0 Å². The minimum atomic E-state index is -1.09. The van der Waals surface area contributed by atoms with Crippen molar-refractivity contribution < 1.29 is 14.3 Å². The number of hydrogen-bond donors (Lipinski definition) is 0. The van der Waals surface area contributed by atoms with Crippen LogP contribution in [-0.2, 0) is 14.3 Å². The van der Waals surface area contributed by atoms with Crippen LogP contribution in [0.1, 0.15) is 65.2 Å². The van der Waals surface area contributed by atoms with Gasteiger partial charge in [-0.2, -0.15) is 0 Å². The minimum Gasteiger partial charge on any atom is -0.347 e. The largest absolute Gasteiger partial charge is 0.509 e. The van der Waals surface area contributed by atoms with Crippen LogP contribution >= 0.6 is 0 Å². The molecule has 0 saturated carbocycles. The molecule has 5 aliphatic rings. The summed E-state index contributed by atoms with van der Waals surface area (Å²) in [5, 5.41) is 0. The van der Waals surface area contributed by atoms with Gasteiger partial charge in [-0.25, -0.2) is 45.7 Å². The second-order valence-corrected chi connectivity index (χ2v) is 11.0. The average Bonchev–Trinajstić information content (AvgIpc) is 3.27. The van der Waals surface area contributed by atoms with Crippen LogP contribution in [0.25, 0.3) is 19.4 Å². The fraction of sp³-hybridized carbons (Fsp3) is 0.594. The zero-order chi connectivity index (χ0) is 28.1. The van der Waals surface area contributed by atoms with E-state index in [1.54, 1.807) is 0 Å². The van der Waals surface area contributed by atoms with Crippen molar-refractivity contribution in [3.8, 4) is 0 Å². The van der Waals surface area contributed by atoms with E-state index in [1.165, 1.54) is 0 Å². The Morgan fingerprint density at radius 3 is 1.82 bits per heavy atom. The summed E-state index contributed by atoms with van der Waals surface area (Å²) in [4.78, 5) is 26.3. The van der Waals surface area contributed by atoms with Gasteiger partial charge in [0, 0.05) is 37.5 Å². The molecule has 0 bridgehead atoms. The number of carbonyl (C=O) groups is 1. The van der Waals surface area contributed by atoms with Crippen molar-refractivity contribution in [2.24, 2.45) is 23.7 Å². The average molecular weight is 525 g/mol. The number of rotatable bonds is 2. The lowest BCUT2D eigenvalue weighted by Gasteiger charge is -2.37. The van der Waals surface area contributed by atoms with Crippen LogP contribution < -0.4 is 0 Å². The van der Waals surface area contributed by atoms with Crippen LogP contribution in [0, 0.1) is 50.0 Å². The molecule has 1 saturated heterocycles. The fourth-order valence-corrected chi connectivity index (χ4v) is 6.83. The lowest BCUT2D eigenvalue weighted by Crippen LogP contribution is -2.41. The van der Waals surface area contributed by atoms with Gasteiger partial charge < -0.3 is 9.47 Å². The molecule has 7 heteroatoms. The second-order valence-electron chi connectivity index (χ2n) is 11.0. The SMILES string of the molecule is [C-]#[N+]C1([N+]#[C-])CC=C[C@@H](CC)[C@@H]2CC(=O)CC=C21.[C-]#[N+]C1([N+]#[C-])CC=C[C@@H](CC)[C@@H]2CC3(CC=C21)OCCO3. The van der Waals surface area contributed by atoms with Crippen LogP contribution in [0.3, 0.4) is 0 Å². The smallest absolute Gasteiger partial charge is 0.347 e. The summed E-state index contributed by atoms with van der Waals surface area (Å²) in [6.07, 6.45) is 17.3. The van der Waals surface area contributed by atoms with Gasteiger partial charge in [0.1, 0.15) is 29.8 Å². The van der Waals surface area contributed by atoms with Gasteiger partial charge in [0.15, 0.2) is 5.79 Å². The van der Waals surface area contributed by atoms with Gasteiger partial charge in [-0.3, -0.25) is 4.79 Å². The summed E-state index contributed by atoms with van der Waals surface area (Å²) in [5.41, 5.74) is -0.255. The van der Waals surface area contributed by atoms with Gasteiger partial charge in [-0.05, 0) is 24.7 Å². The molecule has 7 nitrogen and oxygen atoms in total. The molecule has 39 heavy (non-hydrogen) atoms. The number of nitrogens with zero attached hydrogens (tertiary/aromatic N) is 4. The van der Waals surface area contributed by atoms with Crippen LogP contribution in [-0.4, -0.2) is 36.1 Å². The first kappa shape index (κ1) is 28.5. The Labute approximate surface area is 232 Å². The summed E-state index contributed by atoms with van der Waals surface area (Å²) in [7, 11) is 0. The Hall–Kier alpha value is -3.49. The molecule has 1 aliphatic heterocycles. The number of hydrogen-bond acceptors (Lipinski definition) is 3. The summed E-state index contributed by atoms with van der Waals surface area (Å²) in [6.45, 7) is 35.4. The molecule has 0 aromatic heterocycles. The van der Waals surface area contributed by atoms with Crippen LogP contribution in [0.5, 0.6) is 0 Å². The summed E-state index contributed by atoms with van der Waals surface area (Å²) >= 11 is 0. The highest BCUT2D eigenvalue weighted by atomic mass is 16.7. The van der Waals surface area contributed by atoms with Crippen molar-refractivity contribution >= 4 is 5.78 Å². The van der Waals surface area contributed by atoms with Gasteiger partial charge in [0.05, 0.1) is 13.2 Å². The quantitative estimate of drug-likeness (QED) is 0.289. The predicted molar refractivity (Wildman–Crippen MR) is 148 cm³/mol. The van der Waals surface area contributed by atoms with E-state index in [0.717, 1.165) is 30.4 Å². The molecule has 0 N–H and O–H groups in total. The number of carbonyl (C=O) groups excluding carboxylic acids is 1. The lowest BCUT2D eigenvalue weighted by molar-refractivity contribution is -0.171. The third-order valence-electron chi connectivity index (χ3n) is 8.99. The molecule has 5 rings (SSSR count). The van der Waals surface area contributed by atoms with Gasteiger partial charge >= 0.3 is 11.3 Å². The zero-order valence-electron chi connectivity index (χ0n) is 22.9. The molecule has 0 aromatic rings. The van der Waals surface area contributed by atoms with Crippen molar-refractivity contribution in [1.29, 1.82) is 0 Å². The number of ketones is 1. The maximum absolute atomic E-state index is 11.7. The van der Waals surface area contributed by atoms with Crippen molar-refractivity contribution in [2.45, 2.75) is 82.3 Å². The maximum Gasteiger partial charge on any atom is 0.509 e. The Morgan fingerprint density at radius 2 is 1.31 bits per heavy atom. The van der Waals surface area contributed by atoms with E-state index in [-0.39, 0.29) is 23.5 Å². The van der Waals surface area contributed by atoms with Gasteiger partial charge in [0.25, 0.3) is 0 Å². The van der Waals surface area contributed by atoms with Gasteiger partial charge in [-0.1, -0.05) is 50.3 Å². The highest BCUT2D eigenvalue weighted by Crippen LogP contribution is 2.50. The summed E-state index contributed by atoms with van der Waals surface area (Å²) < 4.78 is 11.7. The van der Waals surface area contributed by atoms with E-state index in [2.05, 4.69) is 51.5 Å². The van der Waals surface area contributed by atoms with E-state index in [4.69, 9.17) is 35.8 Å². The number of Topliss-reactive ketones (excluding diaryl/α,β-unsaturated/α-hetero) is 1. The highest BCUT2D eigenvalue weighted by Gasteiger charge is 2.57. The zero-order valence-corrected chi connectivity index (χ0v) is 22.9. The van der Waals surface area contributed by atoms with Crippen LogP contribution in [0.4, 0.5) is 0 Å². The van der Waals surface area contributed by atoms with E-state index in [9.17, 15) is 4.79 Å². The van der Waals surface area contributed by atoms with E-state index in [0.29, 0.717) is 51.2 Å². The molecule has 4 aliphatic carbocycles. The van der Waals surface area contributed by atoms with Crippen LogP contribution in [0.2, 0.25) is 0 Å². The molecule has 4 atom stereocenters. The lowest BCUT2D eigenvalue weighted by atomic mass is 9.72. The first-order valence-corrected chi connectivity index (χ1v) is 13.9. The topological polar surface area (TPSA) is 53.0 Å². The van der Waals surface area contributed by atoms with Crippen molar-refractivity contribution in [1.82, 2.24) is 0 Å². The van der Waals surface area contributed by atoms with E-state index in [1.807, 2.05) is 18.2 Å². The standard InChI is InChI=1S/C17H20N2O2.C15H16N2O/c1-4-13-6-5-8-17(18-2,19-3)15-7-9-16(12-14(13)15)20-10-11-21-16;1-4-11-6-5-9-15(16-2,17-3)14-8-7-12(18)10-13(11)14/h5-7,13-14H,4,8-12H2,1H3;5-6,8,11,13H,4,7,9-10H2,1H3/t13-,14+;11-,13+/m11/s1. The third-order valence-corrected chi connectivity index (χ3v) is 8.99. The molecule has 0 radical (unpaired) electrons. The maximum atomic E-state index is 11.7. The highest BCUT2D eigenvalue weighted by molar-refractivity contribution is 5.82. The Balaban J connectivity index is 0.000000183. The predicted octanol–water partition coefficient (Wildman–Crippen LogP) is 7.00. The number of fused-ring (bicyclic) bond motifs is 2. The Morgan fingerprint density at radius 1 is 0.795 bits per heavy atom. The Kier molecular flexibility index (Phi) is 8.57. The number of ether oxygens (including phenoxy) is 2. The number of allylic oxidation sites excluding steroid dienone is 3. The van der Waals surface area contributed by atoms with E-state index < -0.39 is 17.1 Å². The molecule has 0 amide bonds. The summed E-state index contributed by atoms with van der Waals surface area (Å²) in [6, 6.07) is 0. The normalized spacial score (nSPS) is 31.2. The second kappa shape index (κ2) is 11.7. The monoisotopic (exact) mass is 524 g/mol. The molecule has 0 aromatic carbocycles. The molecular formula is C32H36N4O3. The molecule has 1 fully saturated rings. The minimum absolute atomic E-state index is 0.0539. The first-order chi connectivity index (χ1) is 18.8.